The Morgan fingerprint density at radius 3 is 2.85 bits per heavy atom. The third-order valence-corrected chi connectivity index (χ3v) is 4.68. The molecular formula is C21H30N2O3. The molecule has 26 heavy (non-hydrogen) atoms. The van der Waals surface area contributed by atoms with Crippen LogP contribution in [0.3, 0.4) is 0 Å². The minimum atomic E-state index is -0.798. The van der Waals surface area contributed by atoms with Gasteiger partial charge < -0.3 is 14.8 Å². The van der Waals surface area contributed by atoms with Crippen LogP contribution in [0.25, 0.3) is 0 Å². The van der Waals surface area contributed by atoms with E-state index in [4.69, 9.17) is 9.47 Å². The Labute approximate surface area is 156 Å². The minimum Gasteiger partial charge on any atom is -0.491 e. The molecule has 0 radical (unpaired) electrons. The summed E-state index contributed by atoms with van der Waals surface area (Å²) in [5.74, 6) is 0.924. The summed E-state index contributed by atoms with van der Waals surface area (Å²) in [6.07, 6.45) is 4.43. The molecule has 0 bridgehead atoms. The standard InChI is InChI=1S/C21H30N2O3/c1-5-11-25-21(10-6-7-16(4)13-21)20(24)23-19-9-8-18(26-15(2)3)12-17(19)14-22/h8-9,12,15-16H,5-7,10-11,13H2,1-4H3,(H,23,24). The molecule has 1 aromatic rings. The monoisotopic (exact) mass is 358 g/mol. The van der Waals surface area contributed by atoms with Gasteiger partial charge in [0.05, 0.1) is 17.4 Å². The van der Waals surface area contributed by atoms with Gasteiger partial charge in [-0.1, -0.05) is 20.3 Å². The number of ether oxygens (including phenoxy) is 2. The van der Waals surface area contributed by atoms with Crippen molar-refractivity contribution in [3.05, 3.63) is 23.8 Å². The normalized spacial score (nSPS) is 22.7. The number of carbonyl (C=O) groups excluding carboxylic acids is 1. The highest BCUT2D eigenvalue weighted by molar-refractivity contribution is 5.98. The highest BCUT2D eigenvalue weighted by atomic mass is 16.5. The average molecular weight is 358 g/mol. The maximum Gasteiger partial charge on any atom is 0.256 e. The lowest BCUT2D eigenvalue weighted by Crippen LogP contribution is -2.48. The molecule has 1 amide bonds. The number of anilines is 1. The number of carbonyl (C=O) groups is 1. The molecule has 1 aromatic carbocycles. The SMILES string of the molecule is CCCOC1(C(=O)Nc2ccc(OC(C)C)cc2C#N)CCCC(C)C1. The molecule has 0 aliphatic heterocycles. The summed E-state index contributed by atoms with van der Waals surface area (Å²) in [6, 6.07) is 7.32. The summed E-state index contributed by atoms with van der Waals surface area (Å²) < 4.78 is 11.7. The summed E-state index contributed by atoms with van der Waals surface area (Å²) in [7, 11) is 0. The lowest BCUT2D eigenvalue weighted by Gasteiger charge is -2.38. The number of benzene rings is 1. The molecule has 142 valence electrons. The Bertz CT molecular complexity index is 666. The number of rotatable bonds is 7. The number of nitriles is 1. The van der Waals surface area contributed by atoms with E-state index >= 15 is 0 Å². The predicted octanol–water partition coefficient (Wildman–Crippen LogP) is 4.66. The molecule has 5 heteroatoms. The maximum absolute atomic E-state index is 13.1. The summed E-state index contributed by atoms with van der Waals surface area (Å²) in [4.78, 5) is 13.1. The second-order valence-electron chi connectivity index (χ2n) is 7.48. The van der Waals surface area contributed by atoms with Crippen LogP contribution in [0.1, 0.15) is 65.4 Å². The molecule has 1 saturated carbocycles. The first-order chi connectivity index (χ1) is 12.4. The molecule has 0 aromatic heterocycles. The molecule has 1 fully saturated rings. The van der Waals surface area contributed by atoms with Gasteiger partial charge in [-0.2, -0.15) is 5.26 Å². The summed E-state index contributed by atoms with van der Waals surface area (Å²) in [5.41, 5.74) is 0.102. The van der Waals surface area contributed by atoms with Crippen LogP contribution in [0.15, 0.2) is 18.2 Å². The molecule has 1 aliphatic rings. The van der Waals surface area contributed by atoms with Gasteiger partial charge in [0.1, 0.15) is 17.4 Å². The number of amides is 1. The van der Waals surface area contributed by atoms with E-state index in [-0.39, 0.29) is 12.0 Å². The number of hydrogen-bond donors (Lipinski definition) is 1. The maximum atomic E-state index is 13.1. The first-order valence-corrected chi connectivity index (χ1v) is 9.56. The lowest BCUT2D eigenvalue weighted by molar-refractivity contribution is -0.148. The van der Waals surface area contributed by atoms with Gasteiger partial charge in [-0.3, -0.25) is 4.79 Å². The molecule has 0 spiro atoms. The zero-order valence-electron chi connectivity index (χ0n) is 16.3. The van der Waals surface area contributed by atoms with Crippen molar-refractivity contribution in [2.75, 3.05) is 11.9 Å². The van der Waals surface area contributed by atoms with Crippen LogP contribution < -0.4 is 10.1 Å². The zero-order valence-corrected chi connectivity index (χ0v) is 16.3. The van der Waals surface area contributed by atoms with Crippen molar-refractivity contribution in [3.63, 3.8) is 0 Å². The topological polar surface area (TPSA) is 71.3 Å². The second kappa shape index (κ2) is 9.05. The van der Waals surface area contributed by atoms with Crippen LogP contribution >= 0.6 is 0 Å². The van der Waals surface area contributed by atoms with E-state index in [1.165, 1.54) is 0 Å². The molecule has 2 rings (SSSR count). The van der Waals surface area contributed by atoms with Crippen molar-refractivity contribution in [3.8, 4) is 11.8 Å². The number of nitrogens with one attached hydrogen (secondary N) is 1. The van der Waals surface area contributed by atoms with Gasteiger partial charge >= 0.3 is 0 Å². The Morgan fingerprint density at radius 2 is 2.23 bits per heavy atom. The smallest absolute Gasteiger partial charge is 0.256 e. The van der Waals surface area contributed by atoms with Crippen LogP contribution in [0, 0.1) is 17.2 Å². The second-order valence-corrected chi connectivity index (χ2v) is 7.48. The predicted molar refractivity (Wildman–Crippen MR) is 102 cm³/mol. The molecule has 5 nitrogen and oxygen atoms in total. The Hall–Kier alpha value is -2.06. The summed E-state index contributed by atoms with van der Waals surface area (Å²) >= 11 is 0. The number of hydrogen-bond acceptors (Lipinski definition) is 4. The molecule has 1 aliphatic carbocycles. The third kappa shape index (κ3) is 4.98. The fraction of sp³-hybridized carbons (Fsp3) is 0.619. The van der Waals surface area contributed by atoms with Crippen LogP contribution in [0.4, 0.5) is 5.69 Å². The van der Waals surface area contributed by atoms with E-state index in [2.05, 4.69) is 18.3 Å². The van der Waals surface area contributed by atoms with Crippen molar-refractivity contribution >= 4 is 11.6 Å². The first kappa shape index (κ1) is 20.3. The quantitative estimate of drug-likeness (QED) is 0.769. The van der Waals surface area contributed by atoms with E-state index in [0.717, 1.165) is 32.1 Å². The molecule has 2 unspecified atom stereocenters. The van der Waals surface area contributed by atoms with E-state index in [1.54, 1.807) is 18.2 Å². The molecule has 1 N–H and O–H groups in total. The van der Waals surface area contributed by atoms with Gasteiger partial charge in [-0.15, -0.1) is 0 Å². The van der Waals surface area contributed by atoms with Gasteiger partial charge in [0.2, 0.25) is 0 Å². The molecule has 2 atom stereocenters. The first-order valence-electron chi connectivity index (χ1n) is 9.56. The van der Waals surface area contributed by atoms with Crippen LogP contribution in [-0.4, -0.2) is 24.2 Å². The highest BCUT2D eigenvalue weighted by Crippen LogP contribution is 2.37. The van der Waals surface area contributed by atoms with E-state index < -0.39 is 5.60 Å². The molecular weight excluding hydrogens is 328 g/mol. The summed E-state index contributed by atoms with van der Waals surface area (Å²) in [6.45, 7) is 8.63. The molecule has 0 saturated heterocycles. The Morgan fingerprint density at radius 1 is 1.46 bits per heavy atom. The van der Waals surface area contributed by atoms with Crippen LogP contribution in [-0.2, 0) is 9.53 Å². The van der Waals surface area contributed by atoms with E-state index in [0.29, 0.717) is 29.5 Å². The minimum absolute atomic E-state index is 0.0245. The Balaban J connectivity index is 2.21. The van der Waals surface area contributed by atoms with Gasteiger partial charge in [0, 0.05) is 12.7 Å². The van der Waals surface area contributed by atoms with E-state index in [1.807, 2.05) is 20.8 Å². The van der Waals surface area contributed by atoms with Gasteiger partial charge in [-0.05, 0) is 57.6 Å². The third-order valence-electron chi connectivity index (χ3n) is 4.68. The molecule has 0 heterocycles. The van der Waals surface area contributed by atoms with E-state index in [9.17, 15) is 10.1 Å². The average Bonchev–Trinajstić information content (AvgIpc) is 2.60. The van der Waals surface area contributed by atoms with Crippen LogP contribution in [0.2, 0.25) is 0 Å². The van der Waals surface area contributed by atoms with Gasteiger partial charge in [0.15, 0.2) is 0 Å². The fourth-order valence-electron chi connectivity index (χ4n) is 3.51. The zero-order chi connectivity index (χ0) is 19.2. The van der Waals surface area contributed by atoms with Crippen LogP contribution in [0.5, 0.6) is 5.75 Å². The largest absolute Gasteiger partial charge is 0.491 e. The van der Waals surface area contributed by atoms with Gasteiger partial charge in [0.25, 0.3) is 5.91 Å². The van der Waals surface area contributed by atoms with Crippen molar-refractivity contribution in [1.29, 1.82) is 5.26 Å². The number of nitrogens with zero attached hydrogens (tertiary/aromatic N) is 1. The van der Waals surface area contributed by atoms with Crippen molar-refractivity contribution < 1.29 is 14.3 Å². The Kier molecular flexibility index (Phi) is 7.05. The van der Waals surface area contributed by atoms with Crippen molar-refractivity contribution in [2.24, 2.45) is 5.92 Å². The summed E-state index contributed by atoms with van der Waals surface area (Å²) in [5, 5.41) is 12.4. The van der Waals surface area contributed by atoms with Crippen molar-refractivity contribution in [2.45, 2.75) is 71.5 Å². The van der Waals surface area contributed by atoms with Crippen molar-refractivity contribution in [1.82, 2.24) is 0 Å². The van der Waals surface area contributed by atoms with Gasteiger partial charge in [-0.25, -0.2) is 0 Å². The lowest BCUT2D eigenvalue weighted by atomic mass is 9.78. The fourth-order valence-corrected chi connectivity index (χ4v) is 3.51. The highest BCUT2D eigenvalue weighted by Gasteiger charge is 2.42.